The van der Waals surface area contributed by atoms with Crippen LogP contribution in [0.3, 0.4) is 0 Å². The highest BCUT2D eigenvalue weighted by molar-refractivity contribution is 7.99. The number of fused-ring (bicyclic) bond motifs is 1. The number of ether oxygens (including phenoxy) is 1. The van der Waals surface area contributed by atoms with Crippen molar-refractivity contribution < 1.29 is 9.53 Å². The number of nitrogens with two attached hydrogens (primary N) is 1. The lowest BCUT2D eigenvalue weighted by Gasteiger charge is -2.46. The predicted octanol–water partition coefficient (Wildman–Crippen LogP) is 7.28. The number of carbonyl (C=O) groups is 1. The molecule has 0 aliphatic heterocycles. The Morgan fingerprint density at radius 1 is 1.19 bits per heavy atom. The largest absolute Gasteiger partial charge is 0.466 e. The van der Waals surface area contributed by atoms with Crippen LogP contribution in [0.5, 0.6) is 0 Å². The Balaban J connectivity index is 2.23. The molecule has 0 spiro atoms. The molecule has 0 heterocycles. The summed E-state index contributed by atoms with van der Waals surface area (Å²) in [5.74, 6) is 1.68. The molecule has 0 aromatic heterocycles. The summed E-state index contributed by atoms with van der Waals surface area (Å²) in [7, 11) is 0. The molecule has 5 unspecified atom stereocenters. The van der Waals surface area contributed by atoms with E-state index in [1.165, 1.54) is 69.6 Å². The summed E-state index contributed by atoms with van der Waals surface area (Å²) < 4.78 is 5.30. The second-order valence-corrected chi connectivity index (χ2v) is 12.3. The first-order valence-corrected chi connectivity index (χ1v) is 13.9. The van der Waals surface area contributed by atoms with Crippen LogP contribution < -0.4 is 5.73 Å². The summed E-state index contributed by atoms with van der Waals surface area (Å²) in [4.78, 5) is 11.3. The van der Waals surface area contributed by atoms with Gasteiger partial charge < -0.3 is 10.5 Å². The molecular weight excluding hydrogens is 402 g/mol. The highest BCUT2D eigenvalue weighted by Crippen LogP contribution is 2.57. The van der Waals surface area contributed by atoms with Crippen LogP contribution in [0.1, 0.15) is 112 Å². The summed E-state index contributed by atoms with van der Waals surface area (Å²) in [5, 5.41) is 0.747. The molecule has 5 atom stereocenters. The Kier molecular flexibility index (Phi) is 10.0. The highest BCUT2D eigenvalue weighted by atomic mass is 32.2. The van der Waals surface area contributed by atoms with Crippen molar-refractivity contribution in [3.63, 3.8) is 0 Å². The molecule has 2 aliphatic carbocycles. The zero-order valence-corrected chi connectivity index (χ0v) is 22.0. The minimum absolute atomic E-state index is 0.168. The minimum Gasteiger partial charge on any atom is -0.466 e. The summed E-state index contributed by atoms with van der Waals surface area (Å²) in [6.07, 6.45) is 15.6. The molecule has 4 heteroatoms. The topological polar surface area (TPSA) is 52.3 Å². The Bertz CT molecular complexity index is 616. The molecule has 2 rings (SSSR count). The molecule has 31 heavy (non-hydrogen) atoms. The zero-order chi connectivity index (χ0) is 23.1. The third kappa shape index (κ3) is 6.76. The second kappa shape index (κ2) is 11.6. The summed E-state index contributed by atoms with van der Waals surface area (Å²) in [6.45, 7) is 13.8. The number of unbranched alkanes of at least 4 members (excludes halogenated alkanes) is 2. The van der Waals surface area contributed by atoms with E-state index in [9.17, 15) is 4.79 Å². The lowest BCUT2D eigenvalue weighted by Crippen LogP contribution is -2.51. The smallest absolute Gasteiger partial charge is 0.302 e. The van der Waals surface area contributed by atoms with Crippen LogP contribution >= 0.6 is 11.8 Å². The first-order valence-electron chi connectivity index (χ1n) is 12.8. The summed E-state index contributed by atoms with van der Waals surface area (Å²) in [6, 6.07) is 0. The van der Waals surface area contributed by atoms with Gasteiger partial charge in [-0.2, -0.15) is 11.8 Å². The fraction of sp³-hybridized carbons (Fsp3) is 0.889. The van der Waals surface area contributed by atoms with Gasteiger partial charge in [-0.15, -0.1) is 0 Å². The monoisotopic (exact) mass is 451 g/mol. The lowest BCUT2D eigenvalue weighted by molar-refractivity contribution is -0.140. The average Bonchev–Trinajstić information content (AvgIpc) is 3.04. The molecule has 0 radical (unpaired) electrons. The van der Waals surface area contributed by atoms with Crippen molar-refractivity contribution in [1.82, 2.24) is 0 Å². The first-order chi connectivity index (χ1) is 14.6. The second-order valence-electron chi connectivity index (χ2n) is 11.0. The normalized spacial score (nSPS) is 38.2. The van der Waals surface area contributed by atoms with Gasteiger partial charge in [0.2, 0.25) is 0 Å². The van der Waals surface area contributed by atoms with Crippen molar-refractivity contribution in [1.29, 1.82) is 0 Å². The van der Waals surface area contributed by atoms with Gasteiger partial charge in [-0.25, -0.2) is 0 Å². The van der Waals surface area contributed by atoms with Crippen LogP contribution in [0.2, 0.25) is 0 Å². The number of hydrogen-bond donors (Lipinski definition) is 1. The number of hydrogen-bond acceptors (Lipinski definition) is 4. The number of rotatable bonds is 9. The van der Waals surface area contributed by atoms with Crippen LogP contribution in [0.4, 0.5) is 0 Å². The van der Waals surface area contributed by atoms with Crippen LogP contribution in [0.15, 0.2) is 11.6 Å². The quantitative estimate of drug-likeness (QED) is 0.227. The van der Waals surface area contributed by atoms with Gasteiger partial charge in [0.05, 0.1) is 6.61 Å². The molecule has 3 nitrogen and oxygen atoms in total. The third-order valence-electron chi connectivity index (χ3n) is 8.58. The van der Waals surface area contributed by atoms with Gasteiger partial charge >= 0.3 is 5.97 Å². The standard InChI is InChI=1S/C27H49NO2S/c1-7-9-10-20-31-24-13-12-23-26(24,5)17-11-16-25(4,8-2)22(14-18-27(23,6)28)15-19-30-21(3)29/h14,23-24H,7-13,15-20,28H2,1-6H3/b22-14-. The van der Waals surface area contributed by atoms with E-state index >= 15 is 0 Å². The molecule has 0 bridgehead atoms. The van der Waals surface area contributed by atoms with Gasteiger partial charge in [-0.1, -0.05) is 58.6 Å². The van der Waals surface area contributed by atoms with Crippen molar-refractivity contribution in [2.24, 2.45) is 22.5 Å². The molecule has 0 aromatic carbocycles. The van der Waals surface area contributed by atoms with Gasteiger partial charge in [0.25, 0.3) is 0 Å². The first kappa shape index (κ1) is 26.8. The Morgan fingerprint density at radius 3 is 2.58 bits per heavy atom. The SMILES string of the molecule is CCCCCSC1CCC2C(C)(N)C/C=C(/CCOC(C)=O)C(C)(CC)CCCC12C. The molecule has 2 aliphatic rings. The lowest BCUT2D eigenvalue weighted by atomic mass is 9.63. The van der Waals surface area contributed by atoms with Crippen LogP contribution in [-0.4, -0.2) is 29.1 Å². The Labute approximate surface area is 196 Å². The number of esters is 1. The highest BCUT2D eigenvalue weighted by Gasteiger charge is 2.52. The maximum absolute atomic E-state index is 11.3. The summed E-state index contributed by atoms with van der Waals surface area (Å²) >= 11 is 2.24. The molecule has 2 N–H and O–H groups in total. The van der Waals surface area contributed by atoms with Crippen LogP contribution in [0.25, 0.3) is 0 Å². The molecule has 180 valence electrons. The minimum atomic E-state index is -0.188. The van der Waals surface area contributed by atoms with Gasteiger partial charge in [0.1, 0.15) is 0 Å². The van der Waals surface area contributed by atoms with Crippen molar-refractivity contribution in [2.45, 2.75) is 123 Å². The molecule has 0 saturated heterocycles. The van der Waals surface area contributed by atoms with Gasteiger partial charge in [0.15, 0.2) is 0 Å². The fourth-order valence-corrected chi connectivity index (χ4v) is 7.96. The van der Waals surface area contributed by atoms with E-state index in [-0.39, 0.29) is 16.9 Å². The third-order valence-corrected chi connectivity index (χ3v) is 10.3. The predicted molar refractivity (Wildman–Crippen MR) is 135 cm³/mol. The maximum Gasteiger partial charge on any atom is 0.302 e. The zero-order valence-electron chi connectivity index (χ0n) is 21.2. The summed E-state index contributed by atoms with van der Waals surface area (Å²) in [5.41, 5.74) is 8.86. The van der Waals surface area contributed by atoms with E-state index in [0.717, 1.165) is 24.5 Å². The van der Waals surface area contributed by atoms with Gasteiger partial charge in [0, 0.05) is 24.1 Å². The van der Waals surface area contributed by atoms with E-state index in [0.29, 0.717) is 17.9 Å². The van der Waals surface area contributed by atoms with Crippen LogP contribution in [0, 0.1) is 16.7 Å². The van der Waals surface area contributed by atoms with E-state index in [1.807, 2.05) is 0 Å². The van der Waals surface area contributed by atoms with Crippen molar-refractivity contribution >= 4 is 17.7 Å². The van der Waals surface area contributed by atoms with E-state index in [2.05, 4.69) is 52.5 Å². The molecular formula is C27H49NO2S. The van der Waals surface area contributed by atoms with Crippen molar-refractivity contribution in [3.8, 4) is 0 Å². The van der Waals surface area contributed by atoms with E-state index in [1.54, 1.807) is 0 Å². The number of thioether (sulfide) groups is 1. The van der Waals surface area contributed by atoms with Crippen LogP contribution in [-0.2, 0) is 9.53 Å². The van der Waals surface area contributed by atoms with Crippen molar-refractivity contribution in [3.05, 3.63) is 11.6 Å². The average molecular weight is 452 g/mol. The maximum atomic E-state index is 11.3. The van der Waals surface area contributed by atoms with Crippen molar-refractivity contribution in [2.75, 3.05) is 12.4 Å². The molecule has 1 saturated carbocycles. The number of carbonyl (C=O) groups excluding carboxylic acids is 1. The fourth-order valence-electron chi connectivity index (χ4n) is 6.34. The van der Waals surface area contributed by atoms with E-state index < -0.39 is 0 Å². The molecule has 0 aromatic rings. The molecule has 1 fully saturated rings. The van der Waals surface area contributed by atoms with Gasteiger partial charge in [-0.3, -0.25) is 4.79 Å². The van der Waals surface area contributed by atoms with E-state index in [4.69, 9.17) is 10.5 Å². The Morgan fingerprint density at radius 2 is 1.94 bits per heavy atom. The van der Waals surface area contributed by atoms with Gasteiger partial charge in [-0.05, 0) is 74.4 Å². The molecule has 0 amide bonds. The Hall–Kier alpha value is -0.480.